The summed E-state index contributed by atoms with van der Waals surface area (Å²) in [5.74, 6) is 0.817. The number of aryl methyl sites for hydroxylation is 2. The van der Waals surface area contributed by atoms with Gasteiger partial charge >= 0.3 is 0 Å². The molecule has 0 atom stereocenters. The second-order valence-corrected chi connectivity index (χ2v) is 9.76. The lowest BCUT2D eigenvalue weighted by molar-refractivity contribution is 0.386. The highest BCUT2D eigenvalue weighted by Crippen LogP contribution is 2.30. The molecule has 8 heteroatoms. The van der Waals surface area contributed by atoms with Gasteiger partial charge in [0.15, 0.2) is 0 Å². The SMILES string of the molecule is CCS(=O)(=O)N1CCc2c(ncnc2Nc2ccc(C)c(-c3ccc(C)cn3)c2)C1. The normalized spacial score (nSPS) is 14.4. The standard InChI is InChI=1S/C22H25N5O2S/c1-4-30(28,29)27-10-9-18-21(13-27)24-14-25-22(18)26-17-7-6-16(3)19(11-17)20-8-5-15(2)12-23-20/h5-8,11-12,14H,4,9-10,13H2,1-3H3,(H,24,25,26). The molecule has 1 aromatic carbocycles. The Labute approximate surface area is 177 Å². The first-order chi connectivity index (χ1) is 14.4. The number of nitrogens with zero attached hydrogens (tertiary/aromatic N) is 4. The summed E-state index contributed by atoms with van der Waals surface area (Å²) in [6, 6.07) is 10.2. The number of anilines is 2. The molecule has 0 amide bonds. The van der Waals surface area contributed by atoms with Crippen molar-refractivity contribution < 1.29 is 8.42 Å². The Bertz CT molecular complexity index is 1180. The number of sulfonamides is 1. The maximum atomic E-state index is 12.2. The summed E-state index contributed by atoms with van der Waals surface area (Å²) in [7, 11) is -3.23. The van der Waals surface area contributed by atoms with E-state index < -0.39 is 10.0 Å². The summed E-state index contributed by atoms with van der Waals surface area (Å²) < 4.78 is 26.0. The van der Waals surface area contributed by atoms with E-state index in [0.29, 0.717) is 13.0 Å². The van der Waals surface area contributed by atoms with Crippen LogP contribution in [0.5, 0.6) is 0 Å². The van der Waals surface area contributed by atoms with Gasteiger partial charge in [0, 0.05) is 29.6 Å². The largest absolute Gasteiger partial charge is 0.340 e. The minimum Gasteiger partial charge on any atom is -0.340 e. The van der Waals surface area contributed by atoms with Crippen LogP contribution in [0.1, 0.15) is 29.3 Å². The van der Waals surface area contributed by atoms with E-state index >= 15 is 0 Å². The van der Waals surface area contributed by atoms with Crippen molar-refractivity contribution in [2.75, 3.05) is 17.6 Å². The molecule has 0 radical (unpaired) electrons. The molecule has 1 aliphatic heterocycles. The minimum atomic E-state index is -3.23. The van der Waals surface area contributed by atoms with Gasteiger partial charge in [-0.2, -0.15) is 4.31 Å². The van der Waals surface area contributed by atoms with E-state index in [9.17, 15) is 8.42 Å². The molecule has 2 aromatic heterocycles. The average molecular weight is 424 g/mol. The summed E-state index contributed by atoms with van der Waals surface area (Å²) >= 11 is 0. The Morgan fingerprint density at radius 2 is 1.93 bits per heavy atom. The van der Waals surface area contributed by atoms with Gasteiger partial charge in [-0.25, -0.2) is 18.4 Å². The summed E-state index contributed by atoms with van der Waals surface area (Å²) in [6.45, 7) is 6.48. The molecule has 3 heterocycles. The molecule has 1 N–H and O–H groups in total. The molecule has 4 rings (SSSR count). The lowest BCUT2D eigenvalue weighted by Crippen LogP contribution is -2.37. The van der Waals surface area contributed by atoms with Gasteiger partial charge in [0.25, 0.3) is 0 Å². The quantitative estimate of drug-likeness (QED) is 0.674. The first kappa shape index (κ1) is 20.4. The Morgan fingerprint density at radius 3 is 2.67 bits per heavy atom. The Kier molecular flexibility index (Phi) is 5.53. The van der Waals surface area contributed by atoms with Crippen LogP contribution < -0.4 is 5.32 Å². The Morgan fingerprint density at radius 1 is 1.10 bits per heavy atom. The van der Waals surface area contributed by atoms with Gasteiger partial charge in [-0.05, 0) is 56.5 Å². The maximum Gasteiger partial charge on any atom is 0.214 e. The molecule has 1 aliphatic rings. The third-order valence-corrected chi connectivity index (χ3v) is 7.25. The highest BCUT2D eigenvalue weighted by molar-refractivity contribution is 7.89. The van der Waals surface area contributed by atoms with Crippen LogP contribution in [-0.2, 0) is 23.0 Å². The molecule has 0 spiro atoms. The first-order valence-electron chi connectivity index (χ1n) is 9.98. The van der Waals surface area contributed by atoms with E-state index in [-0.39, 0.29) is 12.3 Å². The van der Waals surface area contributed by atoms with Crippen molar-refractivity contribution in [1.82, 2.24) is 19.3 Å². The van der Waals surface area contributed by atoms with E-state index in [1.807, 2.05) is 25.3 Å². The van der Waals surface area contributed by atoms with E-state index in [4.69, 9.17) is 0 Å². The van der Waals surface area contributed by atoms with E-state index in [0.717, 1.165) is 45.1 Å². The molecular formula is C22H25N5O2S. The average Bonchev–Trinajstić information content (AvgIpc) is 2.75. The molecule has 0 fully saturated rings. The first-order valence-corrected chi connectivity index (χ1v) is 11.6. The summed E-state index contributed by atoms with van der Waals surface area (Å²) in [4.78, 5) is 13.3. The fourth-order valence-electron chi connectivity index (χ4n) is 3.60. The van der Waals surface area contributed by atoms with E-state index in [2.05, 4.69) is 45.4 Å². The van der Waals surface area contributed by atoms with Gasteiger partial charge in [-0.1, -0.05) is 12.1 Å². The van der Waals surface area contributed by atoms with Crippen molar-refractivity contribution in [2.45, 2.75) is 33.7 Å². The number of benzene rings is 1. The molecular weight excluding hydrogens is 398 g/mol. The highest BCUT2D eigenvalue weighted by Gasteiger charge is 2.28. The van der Waals surface area contributed by atoms with Crippen LogP contribution in [0.4, 0.5) is 11.5 Å². The molecule has 156 valence electrons. The molecule has 0 aliphatic carbocycles. The van der Waals surface area contributed by atoms with Crippen molar-refractivity contribution in [3.05, 3.63) is 65.2 Å². The van der Waals surface area contributed by atoms with Crippen molar-refractivity contribution in [3.8, 4) is 11.3 Å². The molecule has 3 aromatic rings. The zero-order valence-corrected chi connectivity index (χ0v) is 18.2. The third-order valence-electron chi connectivity index (χ3n) is 5.42. The van der Waals surface area contributed by atoms with Crippen LogP contribution >= 0.6 is 0 Å². The van der Waals surface area contributed by atoms with Crippen LogP contribution in [0.3, 0.4) is 0 Å². The fourth-order valence-corrected chi connectivity index (χ4v) is 4.65. The highest BCUT2D eigenvalue weighted by atomic mass is 32.2. The number of hydrogen-bond acceptors (Lipinski definition) is 6. The number of rotatable bonds is 5. The molecule has 0 unspecified atom stereocenters. The Hall–Kier alpha value is -2.84. The predicted molar refractivity (Wildman–Crippen MR) is 118 cm³/mol. The van der Waals surface area contributed by atoms with Crippen LogP contribution in [0.15, 0.2) is 42.9 Å². The van der Waals surface area contributed by atoms with E-state index in [1.165, 1.54) is 10.6 Å². The van der Waals surface area contributed by atoms with Crippen molar-refractivity contribution in [1.29, 1.82) is 0 Å². The monoisotopic (exact) mass is 423 g/mol. The third kappa shape index (κ3) is 4.06. The van der Waals surface area contributed by atoms with Crippen LogP contribution in [-0.4, -0.2) is 40.0 Å². The lowest BCUT2D eigenvalue weighted by Gasteiger charge is -2.27. The van der Waals surface area contributed by atoms with Gasteiger partial charge in [-0.15, -0.1) is 0 Å². The number of fused-ring (bicyclic) bond motifs is 1. The maximum absolute atomic E-state index is 12.2. The number of nitrogens with one attached hydrogen (secondary N) is 1. The molecule has 0 saturated heterocycles. The Balaban J connectivity index is 1.63. The zero-order valence-electron chi connectivity index (χ0n) is 17.4. The van der Waals surface area contributed by atoms with Gasteiger partial charge in [-0.3, -0.25) is 4.98 Å². The van der Waals surface area contributed by atoms with Crippen molar-refractivity contribution in [3.63, 3.8) is 0 Å². The van der Waals surface area contributed by atoms with Gasteiger partial charge in [0.1, 0.15) is 12.1 Å². The molecule has 30 heavy (non-hydrogen) atoms. The smallest absolute Gasteiger partial charge is 0.214 e. The number of hydrogen-bond donors (Lipinski definition) is 1. The number of pyridine rings is 1. The molecule has 7 nitrogen and oxygen atoms in total. The van der Waals surface area contributed by atoms with Crippen LogP contribution in [0, 0.1) is 13.8 Å². The molecule has 0 saturated carbocycles. The number of aromatic nitrogens is 3. The van der Waals surface area contributed by atoms with Crippen LogP contribution in [0.25, 0.3) is 11.3 Å². The predicted octanol–water partition coefficient (Wildman–Crippen LogP) is 3.61. The topological polar surface area (TPSA) is 88.1 Å². The second-order valence-electron chi connectivity index (χ2n) is 7.51. The van der Waals surface area contributed by atoms with Crippen LogP contribution in [0.2, 0.25) is 0 Å². The summed E-state index contributed by atoms with van der Waals surface area (Å²) in [6.07, 6.45) is 3.93. The summed E-state index contributed by atoms with van der Waals surface area (Å²) in [5, 5.41) is 3.40. The van der Waals surface area contributed by atoms with E-state index in [1.54, 1.807) is 6.92 Å². The van der Waals surface area contributed by atoms with Gasteiger partial charge in [0.05, 0.1) is 23.7 Å². The van der Waals surface area contributed by atoms with Crippen molar-refractivity contribution >= 4 is 21.5 Å². The fraction of sp³-hybridized carbons (Fsp3) is 0.318. The minimum absolute atomic E-state index is 0.0950. The van der Waals surface area contributed by atoms with Gasteiger partial charge in [0.2, 0.25) is 10.0 Å². The zero-order chi connectivity index (χ0) is 21.3. The van der Waals surface area contributed by atoms with Crippen molar-refractivity contribution in [2.24, 2.45) is 0 Å². The second kappa shape index (κ2) is 8.12. The molecule has 0 bridgehead atoms. The lowest BCUT2D eigenvalue weighted by atomic mass is 10.0. The summed E-state index contributed by atoms with van der Waals surface area (Å²) in [5.41, 5.74) is 6.87. The van der Waals surface area contributed by atoms with Gasteiger partial charge < -0.3 is 5.32 Å².